The first-order valence-electron chi connectivity index (χ1n) is 4.50. The Kier molecular flexibility index (Phi) is 2.94. The smallest absolute Gasteiger partial charge is 0.0655 e. The van der Waals surface area contributed by atoms with Crippen LogP contribution in [0.15, 0.2) is 12.1 Å². The zero-order valence-corrected chi connectivity index (χ0v) is 9.70. The van der Waals surface area contributed by atoms with Crippen LogP contribution in [-0.4, -0.2) is 0 Å². The summed E-state index contributed by atoms with van der Waals surface area (Å²) in [7, 11) is 0. The van der Waals surface area contributed by atoms with Crippen molar-refractivity contribution in [2.45, 2.75) is 18.9 Å². The fourth-order valence-corrected chi connectivity index (χ4v) is 2.33. The summed E-state index contributed by atoms with van der Waals surface area (Å²) in [4.78, 5) is 0. The summed E-state index contributed by atoms with van der Waals surface area (Å²) in [6.45, 7) is 0. The van der Waals surface area contributed by atoms with Gasteiger partial charge in [-0.05, 0) is 30.9 Å². The third kappa shape index (κ3) is 1.87. The van der Waals surface area contributed by atoms with Crippen LogP contribution in [0.1, 0.15) is 24.4 Å². The van der Waals surface area contributed by atoms with Gasteiger partial charge in [0.05, 0.1) is 10.0 Å². The normalized spacial score (nSPS) is 18.3. The summed E-state index contributed by atoms with van der Waals surface area (Å²) in [5, 5.41) is 1.62. The molecule has 0 aromatic heterocycles. The largest absolute Gasteiger partial charge is 0.324 e. The minimum absolute atomic E-state index is 0.0753. The van der Waals surface area contributed by atoms with Crippen molar-refractivity contribution in [2.24, 2.45) is 11.7 Å². The van der Waals surface area contributed by atoms with Crippen LogP contribution < -0.4 is 5.73 Å². The predicted molar refractivity (Wildman–Crippen MR) is 61.1 cm³/mol. The van der Waals surface area contributed by atoms with E-state index in [4.69, 9.17) is 40.5 Å². The number of rotatable bonds is 2. The van der Waals surface area contributed by atoms with Gasteiger partial charge in [-0.15, -0.1) is 0 Å². The summed E-state index contributed by atoms with van der Waals surface area (Å²) in [6, 6.07) is 3.36. The Morgan fingerprint density at radius 3 is 2.29 bits per heavy atom. The number of benzene rings is 1. The van der Waals surface area contributed by atoms with E-state index in [9.17, 15) is 0 Å². The molecule has 0 saturated heterocycles. The lowest BCUT2D eigenvalue weighted by molar-refractivity contribution is 0.634. The molecule has 1 nitrogen and oxygen atoms in total. The van der Waals surface area contributed by atoms with Crippen molar-refractivity contribution in [1.29, 1.82) is 0 Å². The van der Waals surface area contributed by atoms with Gasteiger partial charge in [0.1, 0.15) is 0 Å². The van der Waals surface area contributed by atoms with Gasteiger partial charge >= 0.3 is 0 Å². The van der Waals surface area contributed by atoms with E-state index in [-0.39, 0.29) is 6.04 Å². The molecule has 0 unspecified atom stereocenters. The molecule has 0 radical (unpaired) electrons. The van der Waals surface area contributed by atoms with Crippen molar-refractivity contribution in [3.8, 4) is 0 Å². The molecule has 1 aromatic carbocycles. The molecule has 4 heteroatoms. The van der Waals surface area contributed by atoms with Crippen LogP contribution in [0.25, 0.3) is 0 Å². The summed E-state index contributed by atoms with van der Waals surface area (Å²) in [6.07, 6.45) is 2.31. The third-order valence-corrected chi connectivity index (χ3v) is 3.69. The van der Waals surface area contributed by atoms with Gasteiger partial charge < -0.3 is 5.73 Å². The number of hydrogen-bond acceptors (Lipinski definition) is 1. The molecular weight excluding hydrogens is 240 g/mol. The number of halogens is 3. The van der Waals surface area contributed by atoms with E-state index in [1.807, 2.05) is 0 Å². The molecule has 2 N–H and O–H groups in total. The van der Waals surface area contributed by atoms with Crippen LogP contribution in [0.4, 0.5) is 0 Å². The van der Waals surface area contributed by atoms with E-state index in [1.54, 1.807) is 12.1 Å². The summed E-state index contributed by atoms with van der Waals surface area (Å²) < 4.78 is 0. The maximum absolute atomic E-state index is 6.07. The van der Waals surface area contributed by atoms with Gasteiger partial charge in [-0.3, -0.25) is 0 Å². The molecule has 2 rings (SSSR count). The molecule has 0 amide bonds. The molecule has 1 fully saturated rings. The average molecular weight is 251 g/mol. The second-order valence-electron chi connectivity index (χ2n) is 3.62. The Balaban J connectivity index is 2.43. The van der Waals surface area contributed by atoms with Gasteiger partial charge in [-0.1, -0.05) is 34.8 Å². The highest BCUT2D eigenvalue weighted by atomic mass is 35.5. The highest BCUT2D eigenvalue weighted by molar-refractivity contribution is 6.44. The van der Waals surface area contributed by atoms with Crippen LogP contribution in [0.3, 0.4) is 0 Å². The molecule has 0 spiro atoms. The summed E-state index contributed by atoms with van der Waals surface area (Å²) >= 11 is 18.0. The maximum atomic E-state index is 6.07. The van der Waals surface area contributed by atoms with Crippen LogP contribution >= 0.6 is 34.8 Å². The zero-order valence-electron chi connectivity index (χ0n) is 7.43. The summed E-state index contributed by atoms with van der Waals surface area (Å²) in [5.74, 6) is 0.517. The topological polar surface area (TPSA) is 26.0 Å². The molecule has 76 valence electrons. The lowest BCUT2D eigenvalue weighted by Gasteiger charge is -2.15. The van der Waals surface area contributed by atoms with E-state index in [0.717, 1.165) is 18.4 Å². The van der Waals surface area contributed by atoms with Gasteiger partial charge in [-0.2, -0.15) is 0 Å². The Bertz CT molecular complexity index is 361. The van der Waals surface area contributed by atoms with Crippen molar-refractivity contribution in [1.82, 2.24) is 0 Å². The van der Waals surface area contributed by atoms with Crippen molar-refractivity contribution < 1.29 is 0 Å². The van der Waals surface area contributed by atoms with Crippen molar-refractivity contribution >= 4 is 34.8 Å². The van der Waals surface area contributed by atoms with Gasteiger partial charge in [0.2, 0.25) is 0 Å². The maximum Gasteiger partial charge on any atom is 0.0655 e. The van der Waals surface area contributed by atoms with Crippen molar-refractivity contribution in [3.63, 3.8) is 0 Å². The molecule has 1 saturated carbocycles. The van der Waals surface area contributed by atoms with Gasteiger partial charge in [0, 0.05) is 16.6 Å². The van der Waals surface area contributed by atoms with Crippen LogP contribution in [0, 0.1) is 5.92 Å². The molecule has 0 aliphatic heterocycles. The second-order valence-corrected chi connectivity index (χ2v) is 4.81. The molecule has 0 heterocycles. The molecule has 1 aliphatic carbocycles. The molecule has 1 atom stereocenters. The van der Waals surface area contributed by atoms with E-state index in [0.29, 0.717) is 21.0 Å². The fourth-order valence-electron chi connectivity index (χ4n) is 1.54. The Morgan fingerprint density at radius 1 is 1.14 bits per heavy atom. The number of hydrogen-bond donors (Lipinski definition) is 1. The number of nitrogens with two attached hydrogens (primary N) is 1. The molecule has 14 heavy (non-hydrogen) atoms. The lowest BCUT2D eigenvalue weighted by atomic mass is 10.0. The Hall–Kier alpha value is 0.0500. The monoisotopic (exact) mass is 249 g/mol. The summed E-state index contributed by atoms with van der Waals surface area (Å²) in [5.41, 5.74) is 6.84. The van der Waals surface area contributed by atoms with Crippen molar-refractivity contribution in [2.75, 3.05) is 0 Å². The Morgan fingerprint density at radius 2 is 1.71 bits per heavy atom. The standard InChI is InChI=1S/C10H10Cl3N/c11-6-3-4-7(12)9(13)8(6)10(14)5-1-2-5/h3-5,10H,1-2,14H2/t10-/m1/s1. The first kappa shape index (κ1) is 10.6. The van der Waals surface area contributed by atoms with Crippen LogP contribution in [-0.2, 0) is 0 Å². The lowest BCUT2D eigenvalue weighted by Crippen LogP contribution is -2.13. The predicted octanol–water partition coefficient (Wildman–Crippen LogP) is 4.06. The van der Waals surface area contributed by atoms with E-state index < -0.39 is 0 Å². The minimum Gasteiger partial charge on any atom is -0.324 e. The van der Waals surface area contributed by atoms with Crippen LogP contribution in [0.5, 0.6) is 0 Å². The molecule has 1 aliphatic rings. The third-order valence-electron chi connectivity index (χ3n) is 2.54. The first-order chi connectivity index (χ1) is 6.61. The zero-order chi connectivity index (χ0) is 10.3. The molecule has 0 bridgehead atoms. The highest BCUT2D eigenvalue weighted by Gasteiger charge is 2.32. The minimum atomic E-state index is -0.0753. The fraction of sp³-hybridized carbons (Fsp3) is 0.400. The van der Waals surface area contributed by atoms with E-state index in [2.05, 4.69) is 0 Å². The highest BCUT2D eigenvalue weighted by Crippen LogP contribution is 2.45. The average Bonchev–Trinajstić information content (AvgIpc) is 2.95. The quantitative estimate of drug-likeness (QED) is 0.787. The van der Waals surface area contributed by atoms with Gasteiger partial charge in [0.25, 0.3) is 0 Å². The molecule has 1 aromatic rings. The SMILES string of the molecule is N[C@@H](c1c(Cl)ccc(Cl)c1Cl)C1CC1. The van der Waals surface area contributed by atoms with Crippen molar-refractivity contribution in [3.05, 3.63) is 32.8 Å². The Labute approximate surface area is 98.1 Å². The molecular formula is C10H10Cl3N. The van der Waals surface area contributed by atoms with Crippen LogP contribution in [0.2, 0.25) is 15.1 Å². The van der Waals surface area contributed by atoms with Gasteiger partial charge in [-0.25, -0.2) is 0 Å². The second kappa shape index (κ2) is 3.90. The van der Waals surface area contributed by atoms with E-state index in [1.165, 1.54) is 0 Å². The van der Waals surface area contributed by atoms with Gasteiger partial charge in [0.15, 0.2) is 0 Å². The van der Waals surface area contributed by atoms with E-state index >= 15 is 0 Å². The first-order valence-corrected chi connectivity index (χ1v) is 5.63.